The molecule has 1 fully saturated rings. The average molecular weight is 276 g/mol. The van der Waals surface area contributed by atoms with E-state index in [2.05, 4.69) is 0 Å². The number of hydrogen-bond donors (Lipinski definition) is 1. The molecule has 2 N–H and O–H groups in total. The molecule has 0 bridgehead atoms. The van der Waals surface area contributed by atoms with Gasteiger partial charge in [0.1, 0.15) is 6.61 Å². The number of Topliss-reactive ketones (excluding diaryl/α,β-unsaturated/α-hetero) is 1. The van der Waals surface area contributed by atoms with Crippen LogP contribution in [0.15, 0.2) is 30.3 Å². The smallest absolute Gasteiger partial charge is 0.410 e. The van der Waals surface area contributed by atoms with E-state index in [-0.39, 0.29) is 18.9 Å². The highest BCUT2D eigenvalue weighted by Crippen LogP contribution is 2.17. The van der Waals surface area contributed by atoms with E-state index in [0.717, 1.165) is 5.56 Å². The van der Waals surface area contributed by atoms with E-state index in [9.17, 15) is 9.59 Å². The standard InChI is InChI=1S/C15H20N2O3/c1-15(16)7-8-17(10-13(18)9-15)14(19)20-11-12-5-3-2-4-6-12/h2-6H,7-11,16H2,1H3. The van der Waals surface area contributed by atoms with Crippen molar-refractivity contribution in [2.24, 2.45) is 5.73 Å². The summed E-state index contributed by atoms with van der Waals surface area (Å²) in [6.45, 7) is 2.58. The minimum atomic E-state index is -0.536. The number of amides is 1. The number of carbonyl (C=O) groups excluding carboxylic acids is 2. The second kappa shape index (κ2) is 6.05. The van der Waals surface area contributed by atoms with Crippen LogP contribution in [0.2, 0.25) is 0 Å². The molecule has 0 aliphatic carbocycles. The van der Waals surface area contributed by atoms with Crippen molar-refractivity contribution in [1.29, 1.82) is 0 Å². The molecule has 1 aliphatic heterocycles. The van der Waals surface area contributed by atoms with Gasteiger partial charge in [-0.25, -0.2) is 4.79 Å². The highest BCUT2D eigenvalue weighted by molar-refractivity contribution is 5.85. The van der Waals surface area contributed by atoms with Crippen molar-refractivity contribution in [1.82, 2.24) is 4.90 Å². The molecule has 0 aromatic heterocycles. The highest BCUT2D eigenvalue weighted by Gasteiger charge is 2.31. The van der Waals surface area contributed by atoms with Gasteiger partial charge in [0.25, 0.3) is 0 Å². The predicted octanol–water partition coefficient (Wildman–Crippen LogP) is 1.71. The van der Waals surface area contributed by atoms with Gasteiger partial charge in [0.15, 0.2) is 5.78 Å². The Balaban J connectivity index is 1.90. The Kier molecular flexibility index (Phi) is 4.39. The first-order valence-corrected chi connectivity index (χ1v) is 6.72. The Morgan fingerprint density at radius 3 is 2.80 bits per heavy atom. The third kappa shape index (κ3) is 4.06. The van der Waals surface area contributed by atoms with Crippen LogP contribution in [0.1, 0.15) is 25.3 Å². The van der Waals surface area contributed by atoms with Crippen LogP contribution >= 0.6 is 0 Å². The zero-order valence-corrected chi connectivity index (χ0v) is 11.7. The molecule has 2 rings (SSSR count). The lowest BCUT2D eigenvalue weighted by molar-refractivity contribution is -0.120. The van der Waals surface area contributed by atoms with Crippen LogP contribution in [0.25, 0.3) is 0 Å². The molecule has 0 radical (unpaired) electrons. The van der Waals surface area contributed by atoms with Gasteiger partial charge in [-0.3, -0.25) is 4.79 Å². The van der Waals surface area contributed by atoms with Crippen molar-refractivity contribution in [2.75, 3.05) is 13.1 Å². The number of rotatable bonds is 2. The average Bonchev–Trinajstić information content (AvgIpc) is 2.54. The molecule has 1 atom stereocenters. The van der Waals surface area contributed by atoms with E-state index in [1.165, 1.54) is 4.90 Å². The molecule has 1 aromatic rings. The molecular formula is C15H20N2O3. The third-order valence-corrected chi connectivity index (χ3v) is 3.38. The zero-order chi connectivity index (χ0) is 14.6. The van der Waals surface area contributed by atoms with Gasteiger partial charge in [-0.1, -0.05) is 30.3 Å². The summed E-state index contributed by atoms with van der Waals surface area (Å²) in [4.78, 5) is 25.2. The molecule has 1 heterocycles. The van der Waals surface area contributed by atoms with Crippen LogP contribution < -0.4 is 5.73 Å². The molecule has 1 aliphatic rings. The van der Waals surface area contributed by atoms with Crippen molar-refractivity contribution in [2.45, 2.75) is 31.9 Å². The molecule has 0 spiro atoms. The number of hydrogen-bond acceptors (Lipinski definition) is 4. The normalized spacial score (nSPS) is 23.3. The lowest BCUT2D eigenvalue weighted by Crippen LogP contribution is -2.38. The number of ketones is 1. The van der Waals surface area contributed by atoms with Crippen LogP contribution in [-0.4, -0.2) is 35.4 Å². The van der Waals surface area contributed by atoms with Gasteiger partial charge in [0.2, 0.25) is 0 Å². The molecule has 5 nitrogen and oxygen atoms in total. The predicted molar refractivity (Wildman–Crippen MR) is 75.0 cm³/mol. The first-order chi connectivity index (χ1) is 9.46. The summed E-state index contributed by atoms with van der Waals surface area (Å²) in [5.41, 5.74) is 6.38. The summed E-state index contributed by atoms with van der Waals surface area (Å²) in [6.07, 6.45) is 0.439. The van der Waals surface area contributed by atoms with Crippen LogP contribution in [0.4, 0.5) is 4.79 Å². The van der Waals surface area contributed by atoms with Gasteiger partial charge in [0.05, 0.1) is 6.54 Å². The van der Waals surface area contributed by atoms with E-state index in [1.54, 1.807) is 0 Å². The van der Waals surface area contributed by atoms with Crippen LogP contribution in [-0.2, 0) is 16.1 Å². The number of likely N-dealkylation sites (tertiary alicyclic amines) is 1. The summed E-state index contributed by atoms with van der Waals surface area (Å²) in [5.74, 6) is -0.0239. The van der Waals surface area contributed by atoms with E-state index < -0.39 is 11.6 Å². The number of carbonyl (C=O) groups is 2. The van der Waals surface area contributed by atoms with Crippen molar-refractivity contribution < 1.29 is 14.3 Å². The second-order valence-electron chi connectivity index (χ2n) is 5.58. The lowest BCUT2D eigenvalue weighted by Gasteiger charge is -2.22. The highest BCUT2D eigenvalue weighted by atomic mass is 16.6. The molecule has 1 aromatic carbocycles. The zero-order valence-electron chi connectivity index (χ0n) is 11.7. The van der Waals surface area contributed by atoms with E-state index >= 15 is 0 Å². The number of nitrogens with two attached hydrogens (primary N) is 1. The Morgan fingerprint density at radius 1 is 1.40 bits per heavy atom. The van der Waals surface area contributed by atoms with Crippen LogP contribution in [0, 0.1) is 0 Å². The minimum Gasteiger partial charge on any atom is -0.445 e. The van der Waals surface area contributed by atoms with E-state index in [4.69, 9.17) is 10.5 Å². The fourth-order valence-electron chi connectivity index (χ4n) is 2.24. The first-order valence-electron chi connectivity index (χ1n) is 6.72. The lowest BCUT2D eigenvalue weighted by atomic mass is 9.94. The molecule has 0 saturated carbocycles. The monoisotopic (exact) mass is 276 g/mol. The fourth-order valence-corrected chi connectivity index (χ4v) is 2.24. The van der Waals surface area contributed by atoms with Gasteiger partial charge in [0, 0.05) is 18.5 Å². The number of nitrogens with zero attached hydrogens (tertiary/aromatic N) is 1. The van der Waals surface area contributed by atoms with Crippen molar-refractivity contribution in [3.8, 4) is 0 Å². The molecule has 1 saturated heterocycles. The van der Waals surface area contributed by atoms with Gasteiger partial charge in [-0.2, -0.15) is 0 Å². The maximum atomic E-state index is 12.0. The first kappa shape index (κ1) is 14.5. The van der Waals surface area contributed by atoms with Gasteiger partial charge >= 0.3 is 6.09 Å². The SMILES string of the molecule is CC1(N)CCN(C(=O)OCc2ccccc2)CC(=O)C1. The Bertz CT molecular complexity index is 485. The minimum absolute atomic E-state index is 0.0239. The summed E-state index contributed by atoms with van der Waals surface area (Å²) in [7, 11) is 0. The van der Waals surface area contributed by atoms with Crippen LogP contribution in [0.3, 0.4) is 0 Å². The van der Waals surface area contributed by atoms with Crippen molar-refractivity contribution >= 4 is 11.9 Å². The molecule has 20 heavy (non-hydrogen) atoms. The third-order valence-electron chi connectivity index (χ3n) is 3.38. The summed E-state index contributed by atoms with van der Waals surface area (Å²) in [5, 5.41) is 0. The van der Waals surface area contributed by atoms with Gasteiger partial charge < -0.3 is 15.4 Å². The quantitative estimate of drug-likeness (QED) is 0.892. The maximum absolute atomic E-state index is 12.0. The largest absolute Gasteiger partial charge is 0.445 e. The van der Waals surface area contributed by atoms with Crippen molar-refractivity contribution in [3.05, 3.63) is 35.9 Å². The summed E-state index contributed by atoms with van der Waals surface area (Å²) < 4.78 is 5.23. The topological polar surface area (TPSA) is 72.6 Å². The number of benzene rings is 1. The fraction of sp³-hybridized carbons (Fsp3) is 0.467. The Hall–Kier alpha value is -1.88. The maximum Gasteiger partial charge on any atom is 0.410 e. The Labute approximate surface area is 118 Å². The van der Waals surface area contributed by atoms with Gasteiger partial charge in [-0.15, -0.1) is 0 Å². The number of ether oxygens (including phenoxy) is 1. The summed E-state index contributed by atoms with van der Waals surface area (Å²) in [6, 6.07) is 9.45. The van der Waals surface area contributed by atoms with Crippen LogP contribution in [0.5, 0.6) is 0 Å². The molecule has 1 amide bonds. The summed E-state index contributed by atoms with van der Waals surface area (Å²) >= 11 is 0. The van der Waals surface area contributed by atoms with E-state index in [0.29, 0.717) is 19.4 Å². The molecule has 108 valence electrons. The molecule has 5 heteroatoms. The van der Waals surface area contributed by atoms with E-state index in [1.807, 2.05) is 37.3 Å². The van der Waals surface area contributed by atoms with Crippen molar-refractivity contribution in [3.63, 3.8) is 0 Å². The molecular weight excluding hydrogens is 256 g/mol. The second-order valence-corrected chi connectivity index (χ2v) is 5.58. The molecule has 1 unspecified atom stereocenters. The van der Waals surface area contributed by atoms with Gasteiger partial charge in [-0.05, 0) is 18.9 Å². The Morgan fingerprint density at radius 2 is 2.10 bits per heavy atom.